The lowest BCUT2D eigenvalue weighted by molar-refractivity contribution is -0.123. The van der Waals surface area contributed by atoms with Crippen molar-refractivity contribution in [1.29, 1.82) is 0 Å². The van der Waals surface area contributed by atoms with Gasteiger partial charge >= 0.3 is 5.97 Å². The van der Waals surface area contributed by atoms with Crippen LogP contribution < -0.4 is 5.32 Å². The van der Waals surface area contributed by atoms with E-state index in [1.54, 1.807) is 19.1 Å². The summed E-state index contributed by atoms with van der Waals surface area (Å²) in [5.74, 6) is -0.799. The number of thiophene rings is 1. The first-order valence-corrected chi connectivity index (χ1v) is 7.99. The average molecular weight is 317 g/mol. The number of amides is 1. The van der Waals surface area contributed by atoms with Gasteiger partial charge in [-0.15, -0.1) is 11.3 Å². The Labute approximate surface area is 134 Å². The van der Waals surface area contributed by atoms with Crippen LogP contribution in [0.1, 0.15) is 34.0 Å². The fraction of sp³-hybridized carbons (Fsp3) is 0.294. The van der Waals surface area contributed by atoms with Gasteiger partial charge in [0.15, 0.2) is 6.10 Å². The summed E-state index contributed by atoms with van der Waals surface area (Å²) in [6.07, 6.45) is 0.0276. The van der Waals surface area contributed by atoms with Crippen LogP contribution in [-0.4, -0.2) is 18.0 Å². The first-order chi connectivity index (χ1) is 10.5. The molecule has 116 valence electrons. The molecule has 0 aliphatic heterocycles. The third-order valence-corrected chi connectivity index (χ3v) is 4.37. The van der Waals surface area contributed by atoms with Gasteiger partial charge in [-0.25, -0.2) is 4.79 Å². The van der Waals surface area contributed by atoms with E-state index in [0.29, 0.717) is 10.6 Å². The summed E-state index contributed by atoms with van der Waals surface area (Å²) in [5, 5.41) is 2.71. The van der Waals surface area contributed by atoms with E-state index in [-0.39, 0.29) is 5.91 Å². The second-order valence-corrected chi connectivity index (χ2v) is 6.20. The standard InChI is InChI=1S/C17H19NO3S/c1-4-13-10-15(22-12(13)3)17(20)21-11(2)16(19)18-14-8-6-5-7-9-14/h5-11H,4H2,1-3H3,(H,18,19)/t11-/m1/s1. The van der Waals surface area contributed by atoms with E-state index < -0.39 is 12.1 Å². The van der Waals surface area contributed by atoms with Crippen molar-refractivity contribution in [3.8, 4) is 0 Å². The maximum absolute atomic E-state index is 12.1. The maximum Gasteiger partial charge on any atom is 0.349 e. The molecule has 2 rings (SSSR count). The summed E-state index contributed by atoms with van der Waals surface area (Å²) >= 11 is 1.40. The topological polar surface area (TPSA) is 55.4 Å². The number of aryl methyl sites for hydroxylation is 2. The number of hydrogen-bond donors (Lipinski definition) is 1. The van der Waals surface area contributed by atoms with Crippen molar-refractivity contribution < 1.29 is 14.3 Å². The molecule has 0 saturated heterocycles. The molecule has 0 radical (unpaired) electrons. The normalized spacial score (nSPS) is 11.8. The highest BCUT2D eigenvalue weighted by atomic mass is 32.1. The number of anilines is 1. The maximum atomic E-state index is 12.1. The van der Waals surface area contributed by atoms with Crippen molar-refractivity contribution in [1.82, 2.24) is 0 Å². The Morgan fingerprint density at radius 1 is 1.27 bits per heavy atom. The van der Waals surface area contributed by atoms with E-state index in [1.807, 2.05) is 38.1 Å². The van der Waals surface area contributed by atoms with Crippen LogP contribution in [0, 0.1) is 6.92 Å². The molecule has 2 aromatic rings. The number of hydrogen-bond acceptors (Lipinski definition) is 4. The van der Waals surface area contributed by atoms with Crippen molar-refractivity contribution in [2.24, 2.45) is 0 Å². The van der Waals surface area contributed by atoms with Gasteiger partial charge in [-0.2, -0.15) is 0 Å². The van der Waals surface area contributed by atoms with E-state index in [9.17, 15) is 9.59 Å². The van der Waals surface area contributed by atoms with E-state index in [1.165, 1.54) is 11.3 Å². The predicted molar refractivity (Wildman–Crippen MR) is 88.4 cm³/mol. The molecule has 1 heterocycles. The number of ether oxygens (including phenoxy) is 1. The zero-order chi connectivity index (χ0) is 16.1. The molecule has 1 aromatic heterocycles. The molecule has 5 heteroatoms. The number of nitrogens with one attached hydrogen (secondary N) is 1. The molecule has 0 spiro atoms. The largest absolute Gasteiger partial charge is 0.448 e. The SMILES string of the molecule is CCc1cc(C(=O)O[C@H](C)C(=O)Nc2ccccc2)sc1C. The van der Waals surface area contributed by atoms with Crippen molar-refractivity contribution >= 4 is 28.9 Å². The Hall–Kier alpha value is -2.14. The number of benzene rings is 1. The summed E-state index contributed by atoms with van der Waals surface area (Å²) in [7, 11) is 0. The molecule has 0 unspecified atom stereocenters. The van der Waals surface area contributed by atoms with E-state index in [0.717, 1.165) is 16.9 Å². The Balaban J connectivity index is 1.97. The molecule has 0 fully saturated rings. The quantitative estimate of drug-likeness (QED) is 0.853. The van der Waals surface area contributed by atoms with Crippen LogP contribution in [0.15, 0.2) is 36.4 Å². The van der Waals surface area contributed by atoms with Crippen molar-refractivity contribution in [3.63, 3.8) is 0 Å². The molecule has 0 saturated carbocycles. The number of carbonyl (C=O) groups is 2. The van der Waals surface area contributed by atoms with Crippen molar-refractivity contribution in [2.45, 2.75) is 33.3 Å². The van der Waals surface area contributed by atoms with Crippen molar-refractivity contribution in [2.75, 3.05) is 5.32 Å². The molecule has 1 N–H and O–H groups in total. The number of carbonyl (C=O) groups excluding carboxylic acids is 2. The van der Waals surface area contributed by atoms with Gasteiger partial charge < -0.3 is 10.1 Å². The Morgan fingerprint density at radius 2 is 1.95 bits per heavy atom. The average Bonchev–Trinajstić information content (AvgIpc) is 2.89. The smallest absolute Gasteiger partial charge is 0.349 e. The minimum absolute atomic E-state index is 0.344. The summed E-state index contributed by atoms with van der Waals surface area (Å²) in [6, 6.07) is 10.9. The molecular weight excluding hydrogens is 298 g/mol. The third kappa shape index (κ3) is 3.95. The van der Waals surface area contributed by atoms with Crippen LogP contribution in [0.2, 0.25) is 0 Å². The lowest BCUT2D eigenvalue weighted by Gasteiger charge is -2.12. The van der Waals surface area contributed by atoms with Gasteiger partial charge in [0.05, 0.1) is 0 Å². The van der Waals surface area contributed by atoms with Crippen LogP contribution >= 0.6 is 11.3 Å². The van der Waals surface area contributed by atoms with Crippen molar-refractivity contribution in [3.05, 3.63) is 51.7 Å². The van der Waals surface area contributed by atoms with Crippen LogP contribution in [0.5, 0.6) is 0 Å². The molecule has 1 atom stereocenters. The number of para-hydroxylation sites is 1. The highest BCUT2D eigenvalue weighted by molar-refractivity contribution is 7.14. The Morgan fingerprint density at radius 3 is 2.55 bits per heavy atom. The third-order valence-electron chi connectivity index (χ3n) is 3.30. The summed E-state index contributed by atoms with van der Waals surface area (Å²) in [4.78, 5) is 25.8. The highest BCUT2D eigenvalue weighted by Crippen LogP contribution is 2.23. The van der Waals surface area contributed by atoms with Gasteiger partial charge in [0, 0.05) is 10.6 Å². The second-order valence-electron chi connectivity index (χ2n) is 4.95. The van der Waals surface area contributed by atoms with E-state index in [4.69, 9.17) is 4.74 Å². The Bertz CT molecular complexity index is 664. The lowest BCUT2D eigenvalue weighted by Crippen LogP contribution is -2.29. The first-order valence-electron chi connectivity index (χ1n) is 7.17. The summed E-state index contributed by atoms with van der Waals surface area (Å²) < 4.78 is 5.24. The first kappa shape index (κ1) is 16.2. The summed E-state index contributed by atoms with van der Waals surface area (Å²) in [5.41, 5.74) is 1.81. The highest BCUT2D eigenvalue weighted by Gasteiger charge is 2.20. The van der Waals surface area contributed by atoms with E-state index >= 15 is 0 Å². The molecule has 0 aliphatic rings. The minimum atomic E-state index is -0.847. The number of rotatable bonds is 5. The van der Waals surface area contributed by atoms with Crippen LogP contribution in [0.25, 0.3) is 0 Å². The molecule has 0 bridgehead atoms. The van der Waals surface area contributed by atoms with Gasteiger partial charge in [-0.3, -0.25) is 4.79 Å². The summed E-state index contributed by atoms with van der Waals surface area (Å²) in [6.45, 7) is 5.59. The second kappa shape index (κ2) is 7.22. The molecule has 0 aliphatic carbocycles. The minimum Gasteiger partial charge on any atom is -0.448 e. The van der Waals surface area contributed by atoms with Gasteiger partial charge in [0.1, 0.15) is 4.88 Å². The predicted octanol–water partition coefficient (Wildman–Crippen LogP) is 3.80. The molecular formula is C17H19NO3S. The molecule has 1 aromatic carbocycles. The van der Waals surface area contributed by atoms with Gasteiger partial charge in [-0.05, 0) is 44.0 Å². The van der Waals surface area contributed by atoms with Crippen LogP contribution in [0.3, 0.4) is 0 Å². The fourth-order valence-electron chi connectivity index (χ4n) is 2.01. The monoisotopic (exact) mass is 317 g/mol. The lowest BCUT2D eigenvalue weighted by atomic mass is 10.2. The van der Waals surface area contributed by atoms with Gasteiger partial charge in [-0.1, -0.05) is 25.1 Å². The van der Waals surface area contributed by atoms with Crippen LogP contribution in [-0.2, 0) is 16.0 Å². The van der Waals surface area contributed by atoms with E-state index in [2.05, 4.69) is 5.32 Å². The zero-order valence-electron chi connectivity index (χ0n) is 12.9. The van der Waals surface area contributed by atoms with Gasteiger partial charge in [0.2, 0.25) is 0 Å². The fourth-order valence-corrected chi connectivity index (χ4v) is 3.01. The number of esters is 1. The molecule has 4 nitrogen and oxygen atoms in total. The van der Waals surface area contributed by atoms with Crippen LogP contribution in [0.4, 0.5) is 5.69 Å². The van der Waals surface area contributed by atoms with Gasteiger partial charge in [0.25, 0.3) is 5.91 Å². The molecule has 1 amide bonds. The Kier molecular flexibility index (Phi) is 5.33. The zero-order valence-corrected chi connectivity index (χ0v) is 13.7. The molecule has 22 heavy (non-hydrogen) atoms.